The van der Waals surface area contributed by atoms with Crippen LogP contribution in [0.2, 0.25) is 18.1 Å². The van der Waals surface area contributed by atoms with Crippen molar-refractivity contribution in [3.63, 3.8) is 0 Å². The summed E-state index contributed by atoms with van der Waals surface area (Å²) in [5, 5.41) is 10.8. The summed E-state index contributed by atoms with van der Waals surface area (Å²) in [5.74, 6) is -0.318. The number of nitrogens with zero attached hydrogens (tertiary/aromatic N) is 2. The van der Waals surface area contributed by atoms with Gasteiger partial charge in [0, 0.05) is 25.2 Å². The highest BCUT2D eigenvalue weighted by molar-refractivity contribution is 7.89. The quantitative estimate of drug-likeness (QED) is 0.285. The van der Waals surface area contributed by atoms with Crippen molar-refractivity contribution in [3.05, 3.63) is 34.4 Å². The molecule has 1 aromatic carbocycles. The molecule has 0 bridgehead atoms. The van der Waals surface area contributed by atoms with Crippen molar-refractivity contribution in [1.82, 2.24) is 9.62 Å². The van der Waals surface area contributed by atoms with E-state index in [4.69, 9.17) is 4.43 Å². The first-order valence-electron chi connectivity index (χ1n) is 9.31. The molecule has 1 heterocycles. The molecule has 11 heteroatoms. The molecular weight excluding hydrogens is 414 g/mol. The highest BCUT2D eigenvalue weighted by atomic mass is 32.2. The molecule has 29 heavy (non-hydrogen) atoms. The Bertz CT molecular complexity index is 895. The van der Waals surface area contributed by atoms with Gasteiger partial charge in [-0.2, -0.15) is 4.72 Å². The number of amides is 1. The van der Waals surface area contributed by atoms with Crippen molar-refractivity contribution < 1.29 is 22.6 Å². The molecule has 1 aliphatic heterocycles. The van der Waals surface area contributed by atoms with E-state index in [9.17, 15) is 23.3 Å². The Balaban J connectivity index is 1.96. The second-order valence-corrected chi connectivity index (χ2v) is 15.5. The molecule has 1 aliphatic rings. The Morgan fingerprint density at radius 3 is 2.28 bits per heavy atom. The number of sulfonamides is 1. The molecule has 1 fully saturated rings. The SMILES string of the molecule is CC(C)(C)[Si](C)(C)OCCN1C[C@@](C)(NS(=O)(=O)c2ccc([N+](=O)[O-])cc2)C1=O. The van der Waals surface area contributed by atoms with E-state index in [-0.39, 0.29) is 28.1 Å². The molecule has 1 atom stereocenters. The van der Waals surface area contributed by atoms with Crippen molar-refractivity contribution in [1.29, 1.82) is 0 Å². The van der Waals surface area contributed by atoms with Crippen LogP contribution in [0.3, 0.4) is 0 Å². The molecular formula is C18H29N3O6SSi. The summed E-state index contributed by atoms with van der Waals surface area (Å²) < 4.78 is 33.6. The monoisotopic (exact) mass is 443 g/mol. The van der Waals surface area contributed by atoms with Gasteiger partial charge in [0.2, 0.25) is 15.9 Å². The molecule has 162 valence electrons. The smallest absolute Gasteiger partial charge is 0.269 e. The Kier molecular flexibility index (Phi) is 6.29. The van der Waals surface area contributed by atoms with E-state index in [0.717, 1.165) is 24.3 Å². The van der Waals surface area contributed by atoms with Gasteiger partial charge in [0.05, 0.1) is 16.4 Å². The first-order chi connectivity index (χ1) is 13.1. The summed E-state index contributed by atoms with van der Waals surface area (Å²) >= 11 is 0. The van der Waals surface area contributed by atoms with E-state index >= 15 is 0 Å². The highest BCUT2D eigenvalue weighted by Crippen LogP contribution is 2.36. The minimum Gasteiger partial charge on any atom is -0.415 e. The molecule has 1 saturated heterocycles. The number of nitrogens with one attached hydrogen (secondary N) is 1. The maximum absolute atomic E-state index is 12.6. The molecule has 0 aliphatic carbocycles. The van der Waals surface area contributed by atoms with Crippen molar-refractivity contribution in [3.8, 4) is 0 Å². The number of hydrogen-bond acceptors (Lipinski definition) is 6. The van der Waals surface area contributed by atoms with Crippen molar-refractivity contribution in [2.75, 3.05) is 19.7 Å². The lowest BCUT2D eigenvalue weighted by Gasteiger charge is -2.47. The Morgan fingerprint density at radius 1 is 1.28 bits per heavy atom. The molecule has 0 aromatic heterocycles. The Labute approximate surface area is 172 Å². The lowest BCUT2D eigenvalue weighted by molar-refractivity contribution is -0.384. The summed E-state index contributed by atoms with van der Waals surface area (Å²) in [6.45, 7) is 13.3. The number of non-ortho nitro benzene ring substituents is 1. The number of hydrogen-bond donors (Lipinski definition) is 1. The maximum Gasteiger partial charge on any atom is 0.269 e. The first-order valence-corrected chi connectivity index (χ1v) is 13.7. The van der Waals surface area contributed by atoms with E-state index in [0.29, 0.717) is 13.2 Å². The van der Waals surface area contributed by atoms with Crippen molar-refractivity contribution in [2.24, 2.45) is 0 Å². The van der Waals surface area contributed by atoms with Crippen LogP contribution in [0.1, 0.15) is 27.7 Å². The largest absolute Gasteiger partial charge is 0.415 e. The van der Waals surface area contributed by atoms with E-state index in [2.05, 4.69) is 38.6 Å². The van der Waals surface area contributed by atoms with Crippen molar-refractivity contribution >= 4 is 29.9 Å². The van der Waals surface area contributed by atoms with E-state index in [1.54, 1.807) is 4.90 Å². The van der Waals surface area contributed by atoms with Gasteiger partial charge >= 0.3 is 0 Å². The zero-order valence-corrected chi connectivity index (χ0v) is 19.5. The normalized spacial score (nSPS) is 20.5. The number of β-lactam (4-membered cyclic amide) rings is 1. The minimum absolute atomic E-state index is 0.0703. The van der Waals surface area contributed by atoms with Gasteiger partial charge in [0.1, 0.15) is 5.54 Å². The van der Waals surface area contributed by atoms with Crippen LogP contribution in [-0.4, -0.2) is 57.7 Å². The number of likely N-dealkylation sites (tertiary alicyclic amines) is 1. The number of benzene rings is 1. The Hall–Kier alpha value is -1.82. The van der Waals surface area contributed by atoms with Crippen LogP contribution in [0.5, 0.6) is 0 Å². The van der Waals surface area contributed by atoms with Gasteiger partial charge in [-0.25, -0.2) is 8.42 Å². The second-order valence-electron chi connectivity index (χ2n) is 9.02. The predicted molar refractivity (Wildman–Crippen MR) is 112 cm³/mol. The van der Waals surface area contributed by atoms with E-state index in [1.807, 2.05) is 0 Å². The van der Waals surface area contributed by atoms with E-state index < -0.39 is 28.8 Å². The van der Waals surface area contributed by atoms with Crippen molar-refractivity contribution in [2.45, 2.75) is 56.3 Å². The fraction of sp³-hybridized carbons (Fsp3) is 0.611. The molecule has 2 rings (SSSR count). The van der Waals surface area contributed by atoms with Crippen LogP contribution >= 0.6 is 0 Å². The van der Waals surface area contributed by atoms with Gasteiger partial charge in [-0.15, -0.1) is 0 Å². The van der Waals surface area contributed by atoms with Crippen LogP contribution in [0.25, 0.3) is 0 Å². The van der Waals surface area contributed by atoms with Gasteiger partial charge < -0.3 is 9.33 Å². The van der Waals surface area contributed by atoms with Gasteiger partial charge in [-0.05, 0) is 37.2 Å². The summed E-state index contributed by atoms with van der Waals surface area (Å²) in [5.41, 5.74) is -1.44. The lowest BCUT2D eigenvalue weighted by atomic mass is 9.92. The molecule has 0 radical (unpaired) electrons. The maximum atomic E-state index is 12.6. The zero-order chi connectivity index (χ0) is 22.3. The second kappa shape index (κ2) is 7.78. The van der Waals surface area contributed by atoms with Gasteiger partial charge in [0.25, 0.3) is 5.69 Å². The average Bonchev–Trinajstić information content (AvgIpc) is 2.59. The molecule has 9 nitrogen and oxygen atoms in total. The third-order valence-corrected chi connectivity index (χ3v) is 11.8. The third-order valence-electron chi connectivity index (χ3n) is 5.61. The van der Waals surface area contributed by atoms with Gasteiger partial charge in [-0.3, -0.25) is 14.9 Å². The van der Waals surface area contributed by atoms with E-state index in [1.165, 1.54) is 6.92 Å². The van der Waals surface area contributed by atoms with Crippen LogP contribution in [-0.2, 0) is 19.2 Å². The standard InChI is InChI=1S/C18H29N3O6SSi/c1-17(2,3)29(5,6)27-12-11-20-13-18(4,16(20)22)19-28(25,26)15-9-7-14(8-10-15)21(23)24/h7-10,19H,11-13H2,1-6H3/t18-/m1/s1. The molecule has 0 spiro atoms. The number of rotatable bonds is 8. The third kappa shape index (κ3) is 5.03. The van der Waals surface area contributed by atoms with Crippen LogP contribution < -0.4 is 4.72 Å². The minimum atomic E-state index is -3.99. The van der Waals surface area contributed by atoms with Gasteiger partial charge in [0.15, 0.2) is 8.32 Å². The topological polar surface area (TPSA) is 119 Å². The van der Waals surface area contributed by atoms with Crippen LogP contribution in [0.4, 0.5) is 5.69 Å². The van der Waals surface area contributed by atoms with Crippen LogP contribution in [0.15, 0.2) is 29.2 Å². The fourth-order valence-electron chi connectivity index (χ4n) is 2.77. The summed E-state index contributed by atoms with van der Waals surface area (Å²) in [6.07, 6.45) is 0. The highest BCUT2D eigenvalue weighted by Gasteiger charge is 2.50. The summed E-state index contributed by atoms with van der Waals surface area (Å²) in [6, 6.07) is 4.53. The fourth-order valence-corrected chi connectivity index (χ4v) is 5.16. The number of carbonyl (C=O) groups is 1. The molecule has 0 saturated carbocycles. The predicted octanol–water partition coefficient (Wildman–Crippen LogP) is 2.50. The molecule has 1 amide bonds. The lowest BCUT2D eigenvalue weighted by Crippen LogP contribution is -2.72. The number of carbonyl (C=O) groups excluding carboxylic acids is 1. The van der Waals surface area contributed by atoms with Gasteiger partial charge in [-0.1, -0.05) is 20.8 Å². The summed E-state index contributed by atoms with van der Waals surface area (Å²) in [4.78, 5) is 24.1. The number of nitro benzene ring substituents is 1. The molecule has 1 aromatic rings. The summed E-state index contributed by atoms with van der Waals surface area (Å²) in [7, 11) is -5.90. The van der Waals surface area contributed by atoms with Crippen LogP contribution in [0, 0.1) is 10.1 Å². The zero-order valence-electron chi connectivity index (χ0n) is 17.7. The Morgan fingerprint density at radius 2 is 1.83 bits per heavy atom. The number of nitro groups is 1. The average molecular weight is 444 g/mol. The molecule has 0 unspecified atom stereocenters. The molecule has 1 N–H and O–H groups in total. The first kappa shape index (κ1) is 23.5.